The minimum absolute atomic E-state index is 0.0184. The Morgan fingerprint density at radius 2 is 2.24 bits per heavy atom. The number of hydrogen-bond acceptors (Lipinski definition) is 6. The van der Waals surface area contributed by atoms with Crippen molar-refractivity contribution >= 4 is 22.9 Å². The molecule has 0 radical (unpaired) electrons. The van der Waals surface area contributed by atoms with Crippen molar-refractivity contribution in [2.24, 2.45) is 0 Å². The van der Waals surface area contributed by atoms with E-state index in [4.69, 9.17) is 4.98 Å². The summed E-state index contributed by atoms with van der Waals surface area (Å²) in [6.45, 7) is 1.16. The van der Waals surface area contributed by atoms with E-state index in [0.717, 1.165) is 17.7 Å². The van der Waals surface area contributed by atoms with Crippen LogP contribution in [0.5, 0.6) is 0 Å². The van der Waals surface area contributed by atoms with Crippen LogP contribution in [-0.2, 0) is 0 Å². The first-order chi connectivity index (χ1) is 14.2. The van der Waals surface area contributed by atoms with Crippen LogP contribution in [0.1, 0.15) is 34.9 Å². The van der Waals surface area contributed by atoms with Gasteiger partial charge in [-0.2, -0.15) is 5.10 Å². The number of likely N-dealkylation sites (tertiary alicyclic amines) is 1. The zero-order valence-corrected chi connectivity index (χ0v) is 16.3. The van der Waals surface area contributed by atoms with Gasteiger partial charge in [-0.3, -0.25) is 9.59 Å². The molecule has 4 aromatic rings. The molecule has 1 atom stereocenters. The monoisotopic (exact) mass is 406 g/mol. The maximum Gasteiger partial charge on any atom is 0.259 e. The van der Waals surface area contributed by atoms with Crippen molar-refractivity contribution in [3.05, 3.63) is 70.0 Å². The van der Waals surface area contributed by atoms with E-state index in [1.165, 1.54) is 6.07 Å². The third-order valence-corrected chi connectivity index (χ3v) is 6.03. The van der Waals surface area contributed by atoms with Crippen LogP contribution in [0.2, 0.25) is 0 Å². The van der Waals surface area contributed by atoms with Crippen LogP contribution >= 0.6 is 11.3 Å². The second-order valence-corrected chi connectivity index (χ2v) is 7.98. The van der Waals surface area contributed by atoms with Gasteiger partial charge < -0.3 is 9.88 Å². The fourth-order valence-electron chi connectivity index (χ4n) is 3.75. The number of H-pyrrole nitrogens is 1. The molecule has 8 nitrogen and oxygen atoms in total. The second kappa shape index (κ2) is 7.25. The molecule has 0 saturated carbocycles. The second-order valence-electron chi connectivity index (χ2n) is 7.03. The van der Waals surface area contributed by atoms with E-state index in [1.54, 1.807) is 45.4 Å². The van der Waals surface area contributed by atoms with Gasteiger partial charge in [0.2, 0.25) is 0 Å². The van der Waals surface area contributed by atoms with E-state index in [-0.39, 0.29) is 17.4 Å². The Morgan fingerprint density at radius 1 is 1.31 bits per heavy atom. The van der Waals surface area contributed by atoms with E-state index >= 15 is 0 Å². The molecule has 1 fully saturated rings. The number of hydrogen-bond donors (Lipinski definition) is 1. The van der Waals surface area contributed by atoms with Crippen LogP contribution in [0.15, 0.2) is 53.0 Å². The van der Waals surface area contributed by atoms with Crippen molar-refractivity contribution < 1.29 is 4.79 Å². The van der Waals surface area contributed by atoms with Gasteiger partial charge in [0.25, 0.3) is 11.5 Å². The molecule has 1 amide bonds. The summed E-state index contributed by atoms with van der Waals surface area (Å²) >= 11 is 1.55. The summed E-state index contributed by atoms with van der Waals surface area (Å²) in [5.74, 6) is 0.520. The number of carbonyl (C=O) groups excluding carboxylic acids is 1. The summed E-state index contributed by atoms with van der Waals surface area (Å²) in [6, 6.07) is 7.18. The van der Waals surface area contributed by atoms with Crippen LogP contribution in [-0.4, -0.2) is 48.5 Å². The van der Waals surface area contributed by atoms with Gasteiger partial charge in [-0.15, -0.1) is 11.3 Å². The molecule has 0 bridgehead atoms. The third kappa shape index (κ3) is 3.33. The van der Waals surface area contributed by atoms with Gasteiger partial charge in [-0.25, -0.2) is 14.5 Å². The van der Waals surface area contributed by atoms with Crippen molar-refractivity contribution in [3.8, 4) is 10.6 Å². The van der Waals surface area contributed by atoms with Crippen molar-refractivity contribution in [3.63, 3.8) is 0 Å². The summed E-state index contributed by atoms with van der Waals surface area (Å²) in [5, 5.41) is 6.17. The van der Waals surface area contributed by atoms with E-state index in [1.807, 2.05) is 17.5 Å². The van der Waals surface area contributed by atoms with E-state index < -0.39 is 0 Å². The highest BCUT2D eigenvalue weighted by molar-refractivity contribution is 7.13. The van der Waals surface area contributed by atoms with E-state index in [0.29, 0.717) is 35.8 Å². The molecule has 1 N–H and O–H groups in total. The zero-order chi connectivity index (χ0) is 19.8. The normalized spacial score (nSPS) is 17.0. The van der Waals surface area contributed by atoms with Gasteiger partial charge in [0.1, 0.15) is 11.4 Å². The highest BCUT2D eigenvalue weighted by Crippen LogP contribution is 2.28. The van der Waals surface area contributed by atoms with Gasteiger partial charge in [0, 0.05) is 37.5 Å². The maximum atomic E-state index is 13.1. The number of aromatic amines is 1. The molecule has 1 unspecified atom stereocenters. The van der Waals surface area contributed by atoms with Gasteiger partial charge in [0.15, 0.2) is 5.65 Å². The first-order valence-electron chi connectivity index (χ1n) is 9.42. The molecule has 5 rings (SSSR count). The fourth-order valence-corrected chi connectivity index (χ4v) is 4.44. The van der Waals surface area contributed by atoms with Crippen LogP contribution in [0.3, 0.4) is 0 Å². The lowest BCUT2D eigenvalue weighted by molar-refractivity contribution is 0.0706. The highest BCUT2D eigenvalue weighted by Gasteiger charge is 2.29. The Bertz CT molecular complexity index is 1230. The van der Waals surface area contributed by atoms with Crippen LogP contribution < -0.4 is 5.56 Å². The molecule has 0 aliphatic carbocycles. The van der Waals surface area contributed by atoms with Gasteiger partial charge in [-0.1, -0.05) is 6.07 Å². The van der Waals surface area contributed by atoms with E-state index in [2.05, 4.69) is 15.1 Å². The zero-order valence-electron chi connectivity index (χ0n) is 15.5. The maximum absolute atomic E-state index is 13.1. The quantitative estimate of drug-likeness (QED) is 0.564. The third-order valence-electron chi connectivity index (χ3n) is 5.14. The molecule has 4 aromatic heterocycles. The molecule has 146 valence electrons. The Hall–Kier alpha value is -3.33. The number of thiophene rings is 1. The van der Waals surface area contributed by atoms with E-state index in [9.17, 15) is 9.59 Å². The number of aromatic nitrogens is 5. The lowest BCUT2D eigenvalue weighted by Crippen LogP contribution is -2.40. The van der Waals surface area contributed by atoms with Crippen molar-refractivity contribution in [1.82, 2.24) is 29.5 Å². The number of rotatable bonds is 3. The Morgan fingerprint density at radius 3 is 3.10 bits per heavy atom. The summed E-state index contributed by atoms with van der Waals surface area (Å²) < 4.78 is 1.60. The van der Waals surface area contributed by atoms with Crippen molar-refractivity contribution in [2.75, 3.05) is 13.1 Å². The molecule has 1 saturated heterocycles. The molecule has 5 heterocycles. The Balaban J connectivity index is 1.42. The van der Waals surface area contributed by atoms with Crippen molar-refractivity contribution in [1.29, 1.82) is 0 Å². The topological polar surface area (TPSA) is 96.2 Å². The molecule has 9 heteroatoms. The summed E-state index contributed by atoms with van der Waals surface area (Å²) in [4.78, 5) is 39.9. The molecular formula is C20H18N6O2S. The average molecular weight is 406 g/mol. The van der Waals surface area contributed by atoms with Crippen LogP contribution in [0, 0.1) is 0 Å². The number of carbonyl (C=O) groups is 1. The number of fused-ring (bicyclic) bond motifs is 1. The predicted octanol–water partition coefficient (Wildman–Crippen LogP) is 2.56. The molecule has 0 spiro atoms. The smallest absolute Gasteiger partial charge is 0.259 e. The summed E-state index contributed by atoms with van der Waals surface area (Å²) in [6.07, 6.45) is 6.69. The number of piperidine rings is 1. The molecule has 1 aliphatic rings. The van der Waals surface area contributed by atoms with Crippen LogP contribution in [0.25, 0.3) is 16.2 Å². The predicted molar refractivity (Wildman–Crippen MR) is 109 cm³/mol. The largest absolute Gasteiger partial charge is 0.338 e. The van der Waals surface area contributed by atoms with Gasteiger partial charge in [-0.05, 0) is 30.4 Å². The number of nitrogens with one attached hydrogen (secondary N) is 1. The summed E-state index contributed by atoms with van der Waals surface area (Å²) in [5.41, 5.74) is 1.54. The minimum atomic E-state index is -0.173. The lowest BCUT2D eigenvalue weighted by atomic mass is 9.96. The summed E-state index contributed by atoms with van der Waals surface area (Å²) in [7, 11) is 0. The fraction of sp³-hybridized carbons (Fsp3) is 0.250. The molecule has 1 aliphatic heterocycles. The molecule has 0 aromatic carbocycles. The number of nitrogens with zero attached hydrogens (tertiary/aromatic N) is 5. The standard InChI is InChI=1S/C20H18N6O2S/c27-17-10-15(16-5-2-9-29-16)23-18(24-17)13-4-1-7-25(12-13)20(28)14-11-22-26-8-3-6-21-19(14)26/h2-3,5-6,8-11,13H,1,4,7,12H2,(H,23,24,27). The van der Waals surface area contributed by atoms with Crippen LogP contribution in [0.4, 0.5) is 0 Å². The number of amides is 1. The Labute approximate surface area is 169 Å². The van der Waals surface area contributed by atoms with Gasteiger partial charge >= 0.3 is 0 Å². The van der Waals surface area contributed by atoms with Crippen molar-refractivity contribution in [2.45, 2.75) is 18.8 Å². The first-order valence-corrected chi connectivity index (χ1v) is 10.3. The lowest BCUT2D eigenvalue weighted by Gasteiger charge is -2.32. The minimum Gasteiger partial charge on any atom is -0.338 e. The molecule has 29 heavy (non-hydrogen) atoms. The first kappa shape index (κ1) is 17.7. The Kier molecular flexibility index (Phi) is 4.44. The SMILES string of the molecule is O=C(c1cnn2cccnc12)N1CCCC(c2nc(-c3cccs3)cc(=O)[nH]2)C1. The average Bonchev–Trinajstić information content (AvgIpc) is 3.43. The molecular weight excluding hydrogens is 388 g/mol. The van der Waals surface area contributed by atoms with Gasteiger partial charge in [0.05, 0.1) is 16.8 Å². The highest BCUT2D eigenvalue weighted by atomic mass is 32.1.